The van der Waals surface area contributed by atoms with Crippen molar-refractivity contribution in [1.29, 1.82) is 0 Å². The molecule has 0 bridgehead atoms. The molecule has 0 aliphatic carbocycles. The Kier molecular flexibility index (Phi) is 5.26. The van der Waals surface area contributed by atoms with Crippen LogP contribution in [0.15, 0.2) is 6.07 Å². The van der Waals surface area contributed by atoms with Crippen LogP contribution in [0.4, 0.5) is 22.0 Å². The first-order valence-electron chi connectivity index (χ1n) is 4.98. The third-order valence-corrected chi connectivity index (χ3v) is 2.57. The molecule has 0 fully saturated rings. The lowest BCUT2D eigenvalue weighted by Gasteiger charge is -2.16. The molecule has 0 radical (unpaired) electrons. The number of nitrogens with zero attached hydrogens (tertiary/aromatic N) is 1. The molecule has 20 heavy (non-hydrogen) atoms. The molecular weight excluding hydrogens is 357 g/mol. The van der Waals surface area contributed by atoms with Gasteiger partial charge in [0.2, 0.25) is 0 Å². The van der Waals surface area contributed by atoms with Crippen LogP contribution in [0.3, 0.4) is 0 Å². The highest BCUT2D eigenvalue weighted by Crippen LogP contribution is 2.36. The lowest BCUT2D eigenvalue weighted by molar-refractivity contribution is -0.275. The molecule has 0 amide bonds. The maximum absolute atomic E-state index is 12.8. The van der Waals surface area contributed by atoms with E-state index < -0.39 is 42.2 Å². The fraction of sp³-hybridized carbons (Fsp3) is 0.400. The standard InChI is InChI=1S/C10H7BrF5NO3/c11-3-6-8(20-10(14,15)16)5(9(12)13)1-4(17-6)2-7(18)19/h1,9H,2-3H2,(H,18,19). The first-order chi connectivity index (χ1) is 9.14. The summed E-state index contributed by atoms with van der Waals surface area (Å²) in [7, 11) is 0. The fourth-order valence-corrected chi connectivity index (χ4v) is 1.78. The lowest BCUT2D eigenvalue weighted by Crippen LogP contribution is -2.20. The summed E-state index contributed by atoms with van der Waals surface area (Å²) in [6.07, 6.45) is -9.11. The van der Waals surface area contributed by atoms with Crippen LogP contribution in [0.1, 0.15) is 23.4 Å². The number of aromatic nitrogens is 1. The molecule has 1 aromatic rings. The maximum atomic E-state index is 12.8. The van der Waals surface area contributed by atoms with Crippen LogP contribution >= 0.6 is 15.9 Å². The van der Waals surface area contributed by atoms with Gasteiger partial charge < -0.3 is 9.84 Å². The molecule has 112 valence electrons. The Morgan fingerprint density at radius 3 is 2.45 bits per heavy atom. The molecule has 4 nitrogen and oxygen atoms in total. The van der Waals surface area contributed by atoms with Crippen LogP contribution in [0.5, 0.6) is 5.75 Å². The highest BCUT2D eigenvalue weighted by Gasteiger charge is 2.35. The van der Waals surface area contributed by atoms with Gasteiger partial charge >= 0.3 is 12.3 Å². The second kappa shape index (κ2) is 6.33. The molecule has 1 rings (SSSR count). The molecule has 1 N–H and O–H groups in total. The molecule has 0 aliphatic rings. The Bertz CT molecular complexity index is 506. The van der Waals surface area contributed by atoms with Crippen LogP contribution in [-0.2, 0) is 16.5 Å². The second-order valence-corrected chi connectivity index (χ2v) is 4.09. The van der Waals surface area contributed by atoms with Gasteiger partial charge in [-0.2, -0.15) is 0 Å². The molecule has 0 atom stereocenters. The highest BCUT2D eigenvalue weighted by molar-refractivity contribution is 9.08. The zero-order valence-electron chi connectivity index (χ0n) is 9.55. The Labute approximate surface area is 117 Å². The summed E-state index contributed by atoms with van der Waals surface area (Å²) in [5.74, 6) is -2.46. The van der Waals surface area contributed by atoms with Crippen LogP contribution in [0, 0.1) is 0 Å². The summed E-state index contributed by atoms with van der Waals surface area (Å²) < 4.78 is 65.8. The summed E-state index contributed by atoms with van der Waals surface area (Å²) in [5.41, 5.74) is -1.78. The minimum Gasteiger partial charge on any atom is -0.481 e. The van der Waals surface area contributed by atoms with E-state index in [0.717, 1.165) is 0 Å². The zero-order valence-corrected chi connectivity index (χ0v) is 11.1. The minimum absolute atomic E-state index is 0.281. The van der Waals surface area contributed by atoms with Crippen molar-refractivity contribution in [3.05, 3.63) is 23.0 Å². The number of ether oxygens (including phenoxy) is 1. The van der Waals surface area contributed by atoms with E-state index in [1.54, 1.807) is 0 Å². The number of rotatable bonds is 5. The van der Waals surface area contributed by atoms with Crippen LogP contribution in [0.2, 0.25) is 0 Å². The number of aliphatic carboxylic acids is 1. The summed E-state index contributed by atoms with van der Waals surface area (Å²) in [5, 5.41) is 8.27. The van der Waals surface area contributed by atoms with Gasteiger partial charge in [-0.15, -0.1) is 13.2 Å². The van der Waals surface area contributed by atoms with Crippen molar-refractivity contribution in [1.82, 2.24) is 4.98 Å². The third-order valence-electron chi connectivity index (χ3n) is 2.04. The van der Waals surface area contributed by atoms with Crippen molar-refractivity contribution < 1.29 is 36.6 Å². The van der Waals surface area contributed by atoms with Crippen molar-refractivity contribution in [2.45, 2.75) is 24.5 Å². The van der Waals surface area contributed by atoms with E-state index in [2.05, 4.69) is 25.7 Å². The quantitative estimate of drug-likeness (QED) is 0.643. The predicted molar refractivity (Wildman–Crippen MR) is 59.8 cm³/mol. The molecule has 0 saturated carbocycles. The summed E-state index contributed by atoms with van der Waals surface area (Å²) in [6.45, 7) is 0. The molecule has 0 unspecified atom stereocenters. The van der Waals surface area contributed by atoms with E-state index in [4.69, 9.17) is 5.11 Å². The minimum atomic E-state index is -5.16. The van der Waals surface area contributed by atoms with E-state index in [-0.39, 0.29) is 11.0 Å². The number of hydrogen-bond donors (Lipinski definition) is 1. The predicted octanol–water partition coefficient (Wildman–Crippen LogP) is 3.44. The molecule has 1 heterocycles. The van der Waals surface area contributed by atoms with Gasteiger partial charge in [0, 0.05) is 5.33 Å². The first-order valence-corrected chi connectivity index (χ1v) is 6.10. The van der Waals surface area contributed by atoms with Gasteiger partial charge in [0.05, 0.1) is 23.4 Å². The van der Waals surface area contributed by atoms with Gasteiger partial charge in [-0.1, -0.05) is 15.9 Å². The van der Waals surface area contributed by atoms with E-state index in [1.165, 1.54) is 0 Å². The molecule has 0 aromatic carbocycles. The maximum Gasteiger partial charge on any atom is 0.573 e. The summed E-state index contributed by atoms with van der Waals surface area (Å²) in [4.78, 5) is 14.1. The Hall–Kier alpha value is -1.45. The molecule has 10 heteroatoms. The number of halogens is 6. The van der Waals surface area contributed by atoms with Gasteiger partial charge in [-0.25, -0.2) is 8.78 Å². The second-order valence-electron chi connectivity index (χ2n) is 3.53. The molecule has 0 spiro atoms. The number of carboxylic acids is 1. The number of carboxylic acid groups (broad SMARTS) is 1. The molecule has 0 saturated heterocycles. The molecule has 1 aromatic heterocycles. The van der Waals surface area contributed by atoms with Crippen LogP contribution in [0.25, 0.3) is 0 Å². The largest absolute Gasteiger partial charge is 0.573 e. The van der Waals surface area contributed by atoms with Gasteiger partial charge in [0.1, 0.15) is 0 Å². The Balaban J connectivity index is 3.36. The van der Waals surface area contributed by atoms with Gasteiger partial charge in [0.25, 0.3) is 6.43 Å². The van der Waals surface area contributed by atoms with E-state index in [0.29, 0.717) is 6.07 Å². The zero-order chi connectivity index (χ0) is 15.5. The Morgan fingerprint density at radius 1 is 1.45 bits per heavy atom. The topological polar surface area (TPSA) is 59.4 Å². The van der Waals surface area contributed by atoms with E-state index in [1.807, 2.05) is 0 Å². The normalized spacial score (nSPS) is 11.8. The number of alkyl halides is 6. The van der Waals surface area contributed by atoms with Crippen molar-refractivity contribution in [2.24, 2.45) is 0 Å². The highest BCUT2D eigenvalue weighted by atomic mass is 79.9. The fourth-order valence-electron chi connectivity index (χ4n) is 1.40. The number of carbonyl (C=O) groups is 1. The van der Waals surface area contributed by atoms with Gasteiger partial charge in [-0.3, -0.25) is 9.78 Å². The van der Waals surface area contributed by atoms with Crippen molar-refractivity contribution in [3.63, 3.8) is 0 Å². The Morgan fingerprint density at radius 2 is 2.05 bits per heavy atom. The van der Waals surface area contributed by atoms with Crippen molar-refractivity contribution >= 4 is 21.9 Å². The van der Waals surface area contributed by atoms with Crippen molar-refractivity contribution in [3.8, 4) is 5.75 Å². The average molecular weight is 364 g/mol. The molecular formula is C10H7BrF5NO3. The number of hydrogen-bond acceptors (Lipinski definition) is 3. The number of pyridine rings is 1. The monoisotopic (exact) mass is 363 g/mol. The van der Waals surface area contributed by atoms with E-state index >= 15 is 0 Å². The smallest absolute Gasteiger partial charge is 0.481 e. The summed E-state index contributed by atoms with van der Waals surface area (Å²) in [6, 6.07) is 0.589. The average Bonchev–Trinajstić information content (AvgIpc) is 2.27. The lowest BCUT2D eigenvalue weighted by atomic mass is 10.1. The van der Waals surface area contributed by atoms with Crippen LogP contribution < -0.4 is 4.74 Å². The summed E-state index contributed by atoms with van der Waals surface area (Å²) >= 11 is 2.80. The van der Waals surface area contributed by atoms with Crippen molar-refractivity contribution in [2.75, 3.05) is 0 Å². The van der Waals surface area contributed by atoms with Crippen LogP contribution in [-0.4, -0.2) is 22.4 Å². The third kappa shape index (κ3) is 4.58. The SMILES string of the molecule is O=C(O)Cc1cc(C(F)F)c(OC(F)(F)F)c(CBr)n1. The van der Waals surface area contributed by atoms with Gasteiger partial charge in [-0.05, 0) is 6.07 Å². The van der Waals surface area contributed by atoms with Gasteiger partial charge in [0.15, 0.2) is 5.75 Å². The van der Waals surface area contributed by atoms with E-state index in [9.17, 15) is 26.7 Å². The first kappa shape index (κ1) is 16.6. The molecule has 0 aliphatic heterocycles.